The molecule has 3 N–H and O–H groups in total. The Labute approximate surface area is 115 Å². The molecule has 2 rings (SSSR count). The topological polar surface area (TPSA) is 58.7 Å². The first-order valence-corrected chi connectivity index (χ1v) is 7.12. The van der Waals surface area contributed by atoms with E-state index in [1.54, 1.807) is 0 Å². The second-order valence-corrected chi connectivity index (χ2v) is 5.22. The summed E-state index contributed by atoms with van der Waals surface area (Å²) < 4.78 is 5.66. The van der Waals surface area contributed by atoms with Crippen LogP contribution in [0.25, 0.3) is 0 Å². The van der Waals surface area contributed by atoms with Gasteiger partial charge in [0.1, 0.15) is 5.75 Å². The zero-order chi connectivity index (χ0) is 13.7. The Morgan fingerprint density at radius 2 is 2.26 bits per heavy atom. The predicted molar refractivity (Wildman–Crippen MR) is 78.7 cm³/mol. The highest BCUT2D eigenvalue weighted by Crippen LogP contribution is 2.30. The lowest BCUT2D eigenvalue weighted by Crippen LogP contribution is -2.20. The summed E-state index contributed by atoms with van der Waals surface area (Å²) in [4.78, 5) is 2.33. The number of benzene rings is 1. The van der Waals surface area contributed by atoms with Crippen molar-refractivity contribution in [1.29, 1.82) is 0 Å². The second kappa shape index (κ2) is 6.66. The third kappa shape index (κ3) is 3.77. The fourth-order valence-electron chi connectivity index (χ4n) is 2.58. The maximum Gasteiger partial charge on any atom is 0.123 e. The van der Waals surface area contributed by atoms with E-state index in [1.807, 2.05) is 12.1 Å². The minimum Gasteiger partial charge on any atom is -0.493 e. The molecule has 1 saturated heterocycles. The molecular weight excluding hydrogens is 240 g/mol. The molecule has 1 heterocycles. The first-order valence-electron chi connectivity index (χ1n) is 7.12. The normalized spacial score (nSPS) is 18.8. The van der Waals surface area contributed by atoms with Crippen LogP contribution < -0.4 is 15.4 Å². The molecule has 4 heteroatoms. The smallest absolute Gasteiger partial charge is 0.123 e. The average molecular weight is 264 g/mol. The Morgan fingerprint density at radius 1 is 1.42 bits per heavy atom. The fourth-order valence-corrected chi connectivity index (χ4v) is 2.58. The number of nitrogens with zero attached hydrogens (tertiary/aromatic N) is 1. The molecule has 106 valence electrons. The van der Waals surface area contributed by atoms with E-state index in [9.17, 15) is 0 Å². The summed E-state index contributed by atoms with van der Waals surface area (Å²) in [5.41, 5.74) is 7.82. The summed E-state index contributed by atoms with van der Waals surface area (Å²) in [7, 11) is 0. The Balaban J connectivity index is 2.05. The van der Waals surface area contributed by atoms with Crippen LogP contribution in [0.2, 0.25) is 0 Å². The van der Waals surface area contributed by atoms with Gasteiger partial charge in [-0.05, 0) is 31.2 Å². The summed E-state index contributed by atoms with van der Waals surface area (Å²) in [6.07, 6.45) is 3.02. The van der Waals surface area contributed by atoms with Crippen LogP contribution in [0, 0.1) is 5.92 Å². The molecule has 1 aliphatic rings. The maximum atomic E-state index is 9.01. The average Bonchev–Trinajstić information content (AvgIpc) is 2.85. The van der Waals surface area contributed by atoms with Gasteiger partial charge in [-0.25, -0.2) is 0 Å². The standard InChI is InChI=1S/C15H24N2O2/c1-2-7-19-15-9-13(16)8-14(10-15)17-5-3-12(11-17)4-6-18/h8-10,12,18H,2-7,11,16H2,1H3. The van der Waals surface area contributed by atoms with E-state index in [-0.39, 0.29) is 6.61 Å². The Morgan fingerprint density at radius 3 is 3.00 bits per heavy atom. The van der Waals surface area contributed by atoms with Crippen molar-refractivity contribution in [3.05, 3.63) is 18.2 Å². The molecule has 0 bridgehead atoms. The monoisotopic (exact) mass is 264 g/mol. The summed E-state index contributed by atoms with van der Waals surface area (Å²) in [6.45, 7) is 5.11. The Kier molecular flexibility index (Phi) is 4.91. The molecule has 1 fully saturated rings. The molecule has 0 aromatic heterocycles. The van der Waals surface area contributed by atoms with Crippen LogP contribution in [0.15, 0.2) is 18.2 Å². The van der Waals surface area contributed by atoms with E-state index in [4.69, 9.17) is 15.6 Å². The van der Waals surface area contributed by atoms with Crippen molar-refractivity contribution in [2.24, 2.45) is 5.92 Å². The van der Waals surface area contributed by atoms with Crippen LogP contribution in [0.3, 0.4) is 0 Å². The lowest BCUT2D eigenvalue weighted by atomic mass is 10.1. The van der Waals surface area contributed by atoms with Crippen LogP contribution in [0.4, 0.5) is 11.4 Å². The lowest BCUT2D eigenvalue weighted by molar-refractivity contribution is 0.263. The van der Waals surface area contributed by atoms with Crippen LogP contribution in [0.1, 0.15) is 26.2 Å². The third-order valence-corrected chi connectivity index (χ3v) is 3.57. The van der Waals surface area contributed by atoms with Crippen LogP contribution in [0.5, 0.6) is 5.75 Å². The fraction of sp³-hybridized carbons (Fsp3) is 0.600. The SMILES string of the molecule is CCCOc1cc(N)cc(N2CCC(CCO)C2)c1. The van der Waals surface area contributed by atoms with Crippen molar-refractivity contribution in [3.63, 3.8) is 0 Å². The van der Waals surface area contributed by atoms with Crippen molar-refractivity contribution in [1.82, 2.24) is 0 Å². The molecule has 4 nitrogen and oxygen atoms in total. The lowest BCUT2D eigenvalue weighted by Gasteiger charge is -2.20. The van der Waals surface area contributed by atoms with Crippen molar-refractivity contribution < 1.29 is 9.84 Å². The highest BCUT2D eigenvalue weighted by atomic mass is 16.5. The molecule has 1 unspecified atom stereocenters. The van der Waals surface area contributed by atoms with Crippen molar-refractivity contribution in [2.75, 3.05) is 36.9 Å². The number of hydrogen-bond acceptors (Lipinski definition) is 4. The number of nitrogen functional groups attached to an aromatic ring is 1. The molecule has 1 atom stereocenters. The van der Waals surface area contributed by atoms with Gasteiger partial charge in [0.05, 0.1) is 6.61 Å². The highest BCUT2D eigenvalue weighted by molar-refractivity contribution is 5.61. The van der Waals surface area contributed by atoms with Gasteiger partial charge in [0, 0.05) is 43.2 Å². The molecule has 1 aromatic carbocycles. The first-order chi connectivity index (χ1) is 9.22. The number of aliphatic hydroxyl groups is 1. The number of rotatable bonds is 6. The van der Waals surface area contributed by atoms with E-state index in [2.05, 4.69) is 17.9 Å². The Hall–Kier alpha value is -1.42. The van der Waals surface area contributed by atoms with Gasteiger partial charge in [-0.15, -0.1) is 0 Å². The summed E-state index contributed by atoms with van der Waals surface area (Å²) in [6, 6.07) is 5.94. The number of anilines is 2. The van der Waals surface area contributed by atoms with E-state index < -0.39 is 0 Å². The number of hydrogen-bond donors (Lipinski definition) is 2. The van der Waals surface area contributed by atoms with E-state index in [1.165, 1.54) is 0 Å². The van der Waals surface area contributed by atoms with E-state index in [0.717, 1.165) is 56.1 Å². The van der Waals surface area contributed by atoms with Gasteiger partial charge in [0.2, 0.25) is 0 Å². The quantitative estimate of drug-likeness (QED) is 0.774. The van der Waals surface area contributed by atoms with Crippen molar-refractivity contribution >= 4 is 11.4 Å². The highest BCUT2D eigenvalue weighted by Gasteiger charge is 2.22. The molecule has 1 aromatic rings. The molecule has 0 radical (unpaired) electrons. The molecule has 19 heavy (non-hydrogen) atoms. The number of nitrogens with two attached hydrogens (primary N) is 1. The predicted octanol–water partition coefficient (Wildman–Crippen LogP) is 2.27. The minimum absolute atomic E-state index is 0.278. The van der Waals surface area contributed by atoms with Gasteiger partial charge in [-0.3, -0.25) is 0 Å². The van der Waals surface area contributed by atoms with Gasteiger partial charge in [-0.1, -0.05) is 6.92 Å². The third-order valence-electron chi connectivity index (χ3n) is 3.57. The number of ether oxygens (including phenoxy) is 1. The Bertz CT molecular complexity index is 409. The van der Waals surface area contributed by atoms with Gasteiger partial charge >= 0.3 is 0 Å². The summed E-state index contributed by atoms with van der Waals surface area (Å²) in [5, 5.41) is 9.01. The van der Waals surface area contributed by atoms with E-state index >= 15 is 0 Å². The summed E-state index contributed by atoms with van der Waals surface area (Å²) >= 11 is 0. The molecule has 0 aliphatic carbocycles. The van der Waals surface area contributed by atoms with E-state index in [0.29, 0.717) is 5.92 Å². The van der Waals surface area contributed by atoms with Gasteiger partial charge < -0.3 is 20.5 Å². The zero-order valence-electron chi connectivity index (χ0n) is 11.6. The number of aliphatic hydroxyl groups excluding tert-OH is 1. The van der Waals surface area contributed by atoms with Crippen LogP contribution in [-0.2, 0) is 0 Å². The molecule has 0 spiro atoms. The molecule has 0 saturated carbocycles. The van der Waals surface area contributed by atoms with Gasteiger partial charge in [0.15, 0.2) is 0 Å². The van der Waals surface area contributed by atoms with Gasteiger partial charge in [0.25, 0.3) is 0 Å². The first kappa shape index (κ1) is 14.0. The second-order valence-electron chi connectivity index (χ2n) is 5.22. The molecule has 1 aliphatic heterocycles. The maximum absolute atomic E-state index is 9.01. The van der Waals surface area contributed by atoms with Crippen molar-refractivity contribution in [2.45, 2.75) is 26.2 Å². The molecular formula is C15H24N2O2. The molecule has 0 amide bonds. The van der Waals surface area contributed by atoms with Gasteiger partial charge in [-0.2, -0.15) is 0 Å². The van der Waals surface area contributed by atoms with Crippen LogP contribution >= 0.6 is 0 Å². The van der Waals surface area contributed by atoms with Crippen LogP contribution in [-0.4, -0.2) is 31.4 Å². The largest absolute Gasteiger partial charge is 0.493 e. The zero-order valence-corrected chi connectivity index (χ0v) is 11.6. The minimum atomic E-state index is 0.278. The summed E-state index contributed by atoms with van der Waals surface area (Å²) in [5.74, 6) is 1.44. The van der Waals surface area contributed by atoms with Crippen molar-refractivity contribution in [3.8, 4) is 5.75 Å².